The molecule has 2 N–H and O–H groups in total. The van der Waals surface area contributed by atoms with Gasteiger partial charge in [-0.3, -0.25) is 4.90 Å². The van der Waals surface area contributed by atoms with E-state index in [0.29, 0.717) is 12.5 Å². The number of piperidine rings is 1. The van der Waals surface area contributed by atoms with Gasteiger partial charge in [0.15, 0.2) is 0 Å². The number of hydrogen-bond acceptors (Lipinski definition) is 4. The monoisotopic (exact) mass is 343 g/mol. The largest absolute Gasteiger partial charge is 0.335 e. The van der Waals surface area contributed by atoms with Crippen LogP contribution in [0.3, 0.4) is 0 Å². The number of sulfone groups is 1. The summed E-state index contributed by atoms with van der Waals surface area (Å²) in [5, 5.41) is 5.84. The highest BCUT2D eigenvalue weighted by molar-refractivity contribution is 7.91. The molecular formula is C16H29N3O3S. The van der Waals surface area contributed by atoms with Crippen molar-refractivity contribution in [2.45, 2.75) is 74.7 Å². The van der Waals surface area contributed by atoms with Crippen LogP contribution in [-0.4, -0.2) is 62.1 Å². The average Bonchev–Trinajstić information content (AvgIpc) is 2.90. The average molecular weight is 343 g/mol. The molecule has 3 aliphatic rings. The molecule has 6 nitrogen and oxygen atoms in total. The summed E-state index contributed by atoms with van der Waals surface area (Å²) in [4.78, 5) is 14.8. The molecule has 3 rings (SSSR count). The summed E-state index contributed by atoms with van der Waals surface area (Å²) in [6.07, 6.45) is 9.02. The van der Waals surface area contributed by atoms with Crippen LogP contribution in [0.1, 0.15) is 51.4 Å². The third-order valence-electron chi connectivity index (χ3n) is 5.74. The Hall–Kier alpha value is -0.820. The van der Waals surface area contributed by atoms with Crippen molar-refractivity contribution in [3.63, 3.8) is 0 Å². The van der Waals surface area contributed by atoms with Crippen LogP contribution in [-0.2, 0) is 9.84 Å². The number of carbonyl (C=O) groups excluding carboxylic acids is 1. The van der Waals surface area contributed by atoms with Gasteiger partial charge in [0.25, 0.3) is 0 Å². The Morgan fingerprint density at radius 1 is 1.00 bits per heavy atom. The first-order valence-electron chi connectivity index (χ1n) is 8.93. The van der Waals surface area contributed by atoms with E-state index in [1.165, 1.54) is 25.5 Å². The fourth-order valence-electron chi connectivity index (χ4n) is 4.48. The van der Waals surface area contributed by atoms with Crippen molar-refractivity contribution in [2.24, 2.45) is 0 Å². The molecule has 0 aromatic rings. The molecule has 0 aromatic carbocycles. The topological polar surface area (TPSA) is 78.5 Å². The van der Waals surface area contributed by atoms with E-state index in [4.69, 9.17) is 0 Å². The first-order chi connectivity index (χ1) is 10.9. The highest BCUT2D eigenvalue weighted by atomic mass is 32.2. The molecule has 0 aromatic heterocycles. The van der Waals surface area contributed by atoms with Gasteiger partial charge in [-0.1, -0.05) is 12.8 Å². The number of amides is 2. The lowest BCUT2D eigenvalue weighted by Gasteiger charge is -2.33. The molecule has 4 unspecified atom stereocenters. The van der Waals surface area contributed by atoms with Crippen molar-refractivity contribution in [1.82, 2.24) is 15.5 Å². The van der Waals surface area contributed by atoms with Crippen LogP contribution in [0.2, 0.25) is 0 Å². The minimum atomic E-state index is -3.01. The first-order valence-corrected chi connectivity index (χ1v) is 10.9. The number of hydrogen-bond donors (Lipinski definition) is 2. The van der Waals surface area contributed by atoms with Crippen molar-refractivity contribution >= 4 is 15.9 Å². The van der Waals surface area contributed by atoms with E-state index in [1.54, 1.807) is 0 Å². The normalized spacial score (nSPS) is 35.5. The number of nitrogens with zero attached hydrogens (tertiary/aromatic N) is 1. The lowest BCUT2D eigenvalue weighted by Crippen LogP contribution is -2.52. The first kappa shape index (κ1) is 17.0. The summed E-state index contributed by atoms with van der Waals surface area (Å²) in [5.74, 6) is 0. The smallest absolute Gasteiger partial charge is 0.315 e. The Bertz CT molecular complexity index is 537. The van der Waals surface area contributed by atoms with Crippen molar-refractivity contribution in [1.29, 1.82) is 0 Å². The maximum absolute atomic E-state index is 12.3. The van der Waals surface area contributed by atoms with Gasteiger partial charge < -0.3 is 10.6 Å². The van der Waals surface area contributed by atoms with Crippen molar-refractivity contribution in [3.8, 4) is 0 Å². The van der Waals surface area contributed by atoms with Crippen molar-refractivity contribution < 1.29 is 13.2 Å². The predicted molar refractivity (Wildman–Crippen MR) is 90.2 cm³/mol. The van der Waals surface area contributed by atoms with Crippen molar-refractivity contribution in [2.75, 3.05) is 19.3 Å². The van der Waals surface area contributed by atoms with E-state index >= 15 is 0 Å². The molecule has 2 amide bonds. The summed E-state index contributed by atoms with van der Waals surface area (Å²) >= 11 is 0. The molecule has 1 saturated carbocycles. The van der Waals surface area contributed by atoms with Gasteiger partial charge in [0.05, 0.1) is 5.25 Å². The van der Waals surface area contributed by atoms with E-state index in [0.717, 1.165) is 38.8 Å². The minimum Gasteiger partial charge on any atom is -0.335 e. The zero-order valence-corrected chi connectivity index (χ0v) is 14.8. The van der Waals surface area contributed by atoms with Gasteiger partial charge in [0.1, 0.15) is 9.84 Å². The number of carbonyl (C=O) groups is 1. The van der Waals surface area contributed by atoms with E-state index in [-0.39, 0.29) is 23.4 Å². The van der Waals surface area contributed by atoms with Crippen LogP contribution < -0.4 is 10.6 Å². The fourth-order valence-corrected chi connectivity index (χ4v) is 5.65. The Kier molecular flexibility index (Phi) is 5.16. The minimum absolute atomic E-state index is 0.0210. The molecule has 7 heteroatoms. The molecule has 132 valence electrons. The number of urea groups is 1. The summed E-state index contributed by atoms with van der Waals surface area (Å²) in [6.45, 7) is 2.23. The van der Waals surface area contributed by atoms with Gasteiger partial charge in [0, 0.05) is 30.9 Å². The van der Waals surface area contributed by atoms with Crippen LogP contribution >= 0.6 is 0 Å². The molecule has 23 heavy (non-hydrogen) atoms. The maximum atomic E-state index is 12.3. The Morgan fingerprint density at radius 2 is 1.83 bits per heavy atom. The molecule has 1 aliphatic carbocycles. The Labute approximate surface area is 139 Å². The third-order valence-corrected chi connectivity index (χ3v) is 7.38. The lowest BCUT2D eigenvalue weighted by atomic mass is 9.95. The van der Waals surface area contributed by atoms with Gasteiger partial charge in [-0.2, -0.15) is 0 Å². The molecular weight excluding hydrogens is 314 g/mol. The van der Waals surface area contributed by atoms with Crippen molar-refractivity contribution in [3.05, 3.63) is 0 Å². The fraction of sp³-hybridized carbons (Fsp3) is 0.938. The van der Waals surface area contributed by atoms with E-state index in [9.17, 15) is 13.2 Å². The van der Waals surface area contributed by atoms with Crippen LogP contribution in [0.15, 0.2) is 0 Å². The number of nitrogens with one attached hydrogen (secondary N) is 2. The second-order valence-electron chi connectivity index (χ2n) is 7.43. The Morgan fingerprint density at radius 3 is 2.61 bits per heavy atom. The molecule has 2 aliphatic heterocycles. The van der Waals surface area contributed by atoms with Crippen LogP contribution in [0, 0.1) is 0 Å². The molecule has 0 radical (unpaired) electrons. The van der Waals surface area contributed by atoms with Crippen LogP contribution in [0.5, 0.6) is 0 Å². The molecule has 0 spiro atoms. The second kappa shape index (κ2) is 6.97. The predicted octanol–water partition coefficient (Wildman–Crippen LogP) is 1.27. The van der Waals surface area contributed by atoms with Crippen LogP contribution in [0.25, 0.3) is 0 Å². The molecule has 3 fully saturated rings. The number of rotatable bonds is 3. The molecule has 0 bridgehead atoms. The molecule has 4 atom stereocenters. The van der Waals surface area contributed by atoms with Gasteiger partial charge in [-0.15, -0.1) is 0 Å². The third kappa shape index (κ3) is 4.18. The van der Waals surface area contributed by atoms with Gasteiger partial charge in [-0.25, -0.2) is 13.2 Å². The summed E-state index contributed by atoms with van der Waals surface area (Å²) < 4.78 is 23.4. The van der Waals surface area contributed by atoms with Gasteiger partial charge in [-0.05, 0) is 45.1 Å². The van der Waals surface area contributed by atoms with Crippen LogP contribution in [0.4, 0.5) is 4.79 Å². The molecule has 2 saturated heterocycles. The second-order valence-corrected chi connectivity index (χ2v) is 9.75. The summed E-state index contributed by atoms with van der Waals surface area (Å²) in [5.41, 5.74) is 0. The van der Waals surface area contributed by atoms with Gasteiger partial charge in [0.2, 0.25) is 0 Å². The quantitative estimate of drug-likeness (QED) is 0.809. The van der Waals surface area contributed by atoms with E-state index in [1.807, 2.05) is 0 Å². The number of fused-ring (bicyclic) bond motifs is 1. The zero-order chi connectivity index (χ0) is 16.4. The standard InChI is InChI=1S/C16H29N3O3S/c1-23(21,22)13-6-4-5-12(11-13)17-16(20)18-14-8-10-19-9-3-2-7-15(14)19/h12-15H,2-11H2,1H3,(H2,17,18,20). The lowest BCUT2D eigenvalue weighted by molar-refractivity contribution is 0.178. The SMILES string of the molecule is CS(=O)(=O)C1CCCC(NC(=O)NC2CCN3CCCCC23)C1. The van der Waals surface area contributed by atoms with E-state index in [2.05, 4.69) is 15.5 Å². The summed E-state index contributed by atoms with van der Waals surface area (Å²) in [6, 6.07) is 0.586. The maximum Gasteiger partial charge on any atom is 0.315 e. The highest BCUT2D eigenvalue weighted by Gasteiger charge is 2.37. The summed E-state index contributed by atoms with van der Waals surface area (Å²) in [7, 11) is -3.01. The molecule has 2 heterocycles. The Balaban J connectivity index is 1.49. The van der Waals surface area contributed by atoms with Gasteiger partial charge >= 0.3 is 6.03 Å². The highest BCUT2D eigenvalue weighted by Crippen LogP contribution is 2.27. The van der Waals surface area contributed by atoms with E-state index < -0.39 is 9.84 Å². The zero-order valence-electron chi connectivity index (χ0n) is 14.0.